The van der Waals surface area contributed by atoms with Crippen LogP contribution in [0, 0.1) is 6.92 Å². The van der Waals surface area contributed by atoms with Crippen molar-refractivity contribution in [2.45, 2.75) is 25.7 Å². The lowest BCUT2D eigenvalue weighted by atomic mass is 9.75. The molecule has 2 atom stereocenters. The molecule has 0 aromatic heterocycles. The summed E-state index contributed by atoms with van der Waals surface area (Å²) < 4.78 is 11.4. The van der Waals surface area contributed by atoms with Crippen LogP contribution >= 0.6 is 0 Å². The first-order valence-corrected chi connectivity index (χ1v) is 9.84. The zero-order valence-corrected chi connectivity index (χ0v) is 16.9. The molecule has 3 aromatic rings. The normalized spacial score (nSPS) is 17.8. The highest BCUT2D eigenvalue weighted by Gasteiger charge is 2.33. The minimum Gasteiger partial charge on any atom is -0.492 e. The van der Waals surface area contributed by atoms with E-state index >= 15 is 0 Å². The van der Waals surface area contributed by atoms with Gasteiger partial charge in [-0.2, -0.15) is 0 Å². The molecular formula is C25H25NO3. The van der Waals surface area contributed by atoms with Gasteiger partial charge in [0.05, 0.1) is 6.61 Å². The number of aryl methyl sites for hydroxylation is 1. The third-order valence-corrected chi connectivity index (χ3v) is 5.43. The Morgan fingerprint density at radius 1 is 1.03 bits per heavy atom. The van der Waals surface area contributed by atoms with Crippen LogP contribution in [-0.4, -0.2) is 19.6 Å². The van der Waals surface area contributed by atoms with E-state index in [1.54, 1.807) is 0 Å². The Kier molecular flexibility index (Phi) is 5.26. The highest BCUT2D eigenvalue weighted by molar-refractivity contribution is 5.69. The molecule has 0 bridgehead atoms. The largest absolute Gasteiger partial charge is 0.492 e. The molecule has 1 heterocycles. The summed E-state index contributed by atoms with van der Waals surface area (Å²) in [5.74, 6) is 1.29. The van der Waals surface area contributed by atoms with Crippen LogP contribution in [0.3, 0.4) is 0 Å². The lowest BCUT2D eigenvalue weighted by Crippen LogP contribution is -2.25. The molecule has 1 aliphatic rings. The van der Waals surface area contributed by atoms with Crippen LogP contribution in [0.4, 0.5) is 5.69 Å². The number of ether oxygens (including phenoxy) is 2. The van der Waals surface area contributed by atoms with E-state index in [0.29, 0.717) is 12.4 Å². The molecule has 3 aromatic carbocycles. The zero-order valence-electron chi connectivity index (χ0n) is 16.9. The van der Waals surface area contributed by atoms with Gasteiger partial charge in [0.1, 0.15) is 11.5 Å². The number of hydrogen-bond acceptors (Lipinski definition) is 4. The number of benzene rings is 3. The van der Waals surface area contributed by atoms with Gasteiger partial charge < -0.3 is 14.8 Å². The topological polar surface area (TPSA) is 47.6 Å². The van der Waals surface area contributed by atoms with Gasteiger partial charge >= 0.3 is 5.97 Å². The van der Waals surface area contributed by atoms with Crippen LogP contribution in [0.1, 0.15) is 41.0 Å². The van der Waals surface area contributed by atoms with Gasteiger partial charge in [0.25, 0.3) is 0 Å². The second-order valence-corrected chi connectivity index (χ2v) is 7.47. The molecule has 0 fully saturated rings. The third-order valence-electron chi connectivity index (χ3n) is 5.43. The Labute approximate surface area is 171 Å². The molecule has 2 unspecified atom stereocenters. The van der Waals surface area contributed by atoms with Gasteiger partial charge in [-0.05, 0) is 36.2 Å². The first-order chi connectivity index (χ1) is 14.0. The highest BCUT2D eigenvalue weighted by atomic mass is 16.5. The van der Waals surface area contributed by atoms with Gasteiger partial charge in [-0.1, -0.05) is 48.0 Å². The molecule has 0 amide bonds. The Hall–Kier alpha value is -3.27. The molecule has 0 aliphatic carbocycles. The standard InChI is InChI=1S/C25H25NO3/c1-16-5-4-6-19(13-16)23-15-28-24-14-21(29-17(2)27)11-12-22(24)25(23)18-7-9-20(26-3)10-8-18/h4-14,23,25-26H,15H2,1-3H3. The van der Waals surface area contributed by atoms with Gasteiger partial charge in [0, 0.05) is 43.1 Å². The summed E-state index contributed by atoms with van der Waals surface area (Å²) in [7, 11) is 1.92. The maximum absolute atomic E-state index is 11.3. The van der Waals surface area contributed by atoms with Crippen molar-refractivity contribution in [3.05, 3.63) is 89.0 Å². The Bertz CT molecular complexity index is 1030. The second kappa shape index (κ2) is 8.00. The van der Waals surface area contributed by atoms with Crippen molar-refractivity contribution in [2.24, 2.45) is 0 Å². The van der Waals surface area contributed by atoms with Crippen molar-refractivity contribution in [1.29, 1.82) is 0 Å². The number of nitrogens with one attached hydrogen (secondary N) is 1. The summed E-state index contributed by atoms with van der Waals surface area (Å²) in [6.45, 7) is 4.09. The molecule has 0 spiro atoms. The van der Waals surface area contributed by atoms with Crippen LogP contribution in [-0.2, 0) is 4.79 Å². The fraction of sp³-hybridized carbons (Fsp3) is 0.240. The van der Waals surface area contributed by atoms with E-state index in [2.05, 4.69) is 60.8 Å². The average molecular weight is 387 g/mol. The average Bonchev–Trinajstić information content (AvgIpc) is 2.72. The summed E-state index contributed by atoms with van der Waals surface area (Å²) in [6, 6.07) is 22.9. The summed E-state index contributed by atoms with van der Waals surface area (Å²) >= 11 is 0. The number of hydrogen-bond donors (Lipinski definition) is 1. The summed E-state index contributed by atoms with van der Waals surface area (Å²) in [6.07, 6.45) is 0. The van der Waals surface area contributed by atoms with Crippen molar-refractivity contribution in [2.75, 3.05) is 19.0 Å². The van der Waals surface area contributed by atoms with Crippen LogP contribution in [0.25, 0.3) is 0 Å². The molecule has 4 nitrogen and oxygen atoms in total. The first-order valence-electron chi connectivity index (χ1n) is 9.84. The Morgan fingerprint density at radius 2 is 1.83 bits per heavy atom. The molecule has 0 saturated carbocycles. The van der Waals surface area contributed by atoms with Crippen LogP contribution in [0.5, 0.6) is 11.5 Å². The monoisotopic (exact) mass is 387 g/mol. The number of carbonyl (C=O) groups is 1. The van der Waals surface area contributed by atoms with E-state index in [0.717, 1.165) is 17.0 Å². The third kappa shape index (κ3) is 3.97. The van der Waals surface area contributed by atoms with Crippen LogP contribution in [0.15, 0.2) is 66.7 Å². The molecule has 1 aliphatic heterocycles. The minimum atomic E-state index is -0.336. The molecule has 148 valence electrons. The predicted molar refractivity (Wildman–Crippen MR) is 115 cm³/mol. The summed E-state index contributed by atoms with van der Waals surface area (Å²) in [4.78, 5) is 11.3. The van der Waals surface area contributed by atoms with Crippen molar-refractivity contribution in [3.8, 4) is 11.5 Å². The quantitative estimate of drug-likeness (QED) is 0.489. The maximum atomic E-state index is 11.3. The van der Waals surface area contributed by atoms with Crippen LogP contribution < -0.4 is 14.8 Å². The van der Waals surface area contributed by atoms with E-state index in [4.69, 9.17) is 9.47 Å². The summed E-state index contributed by atoms with van der Waals surface area (Å²) in [5, 5.41) is 3.18. The van der Waals surface area contributed by atoms with E-state index in [-0.39, 0.29) is 17.8 Å². The number of carbonyl (C=O) groups excluding carboxylic acids is 1. The Balaban J connectivity index is 1.80. The fourth-order valence-corrected chi connectivity index (χ4v) is 4.08. The second-order valence-electron chi connectivity index (χ2n) is 7.47. The molecule has 4 heteroatoms. The van der Waals surface area contributed by atoms with Crippen molar-refractivity contribution >= 4 is 11.7 Å². The van der Waals surface area contributed by atoms with Gasteiger partial charge in [-0.3, -0.25) is 4.79 Å². The van der Waals surface area contributed by atoms with Gasteiger partial charge in [-0.25, -0.2) is 0 Å². The zero-order chi connectivity index (χ0) is 20.4. The predicted octanol–water partition coefficient (Wildman–Crippen LogP) is 5.27. The van der Waals surface area contributed by atoms with E-state index < -0.39 is 0 Å². The Morgan fingerprint density at radius 3 is 2.52 bits per heavy atom. The van der Waals surface area contributed by atoms with E-state index in [9.17, 15) is 4.79 Å². The minimum absolute atomic E-state index is 0.151. The first kappa shape index (κ1) is 19.1. The van der Waals surface area contributed by atoms with Gasteiger partial charge in [-0.15, -0.1) is 0 Å². The maximum Gasteiger partial charge on any atom is 0.308 e. The molecule has 4 rings (SSSR count). The lowest BCUT2D eigenvalue weighted by molar-refractivity contribution is -0.131. The molecule has 29 heavy (non-hydrogen) atoms. The highest BCUT2D eigenvalue weighted by Crippen LogP contribution is 2.47. The molecule has 0 radical (unpaired) electrons. The fourth-order valence-electron chi connectivity index (χ4n) is 4.08. The summed E-state index contributed by atoms with van der Waals surface area (Å²) in [5.41, 5.74) is 5.93. The molecular weight excluding hydrogens is 362 g/mol. The van der Waals surface area contributed by atoms with Crippen LogP contribution in [0.2, 0.25) is 0 Å². The smallest absolute Gasteiger partial charge is 0.308 e. The molecule has 0 saturated heterocycles. The molecule has 1 N–H and O–H groups in total. The SMILES string of the molecule is CNc1ccc(C2c3ccc(OC(C)=O)cc3OCC2c2cccc(C)c2)cc1. The van der Waals surface area contributed by atoms with E-state index in [1.807, 2.05) is 25.2 Å². The van der Waals surface area contributed by atoms with Crippen molar-refractivity contribution in [1.82, 2.24) is 0 Å². The number of esters is 1. The van der Waals surface area contributed by atoms with Crippen molar-refractivity contribution in [3.63, 3.8) is 0 Å². The van der Waals surface area contributed by atoms with Crippen molar-refractivity contribution < 1.29 is 14.3 Å². The number of fused-ring (bicyclic) bond motifs is 1. The lowest BCUT2D eigenvalue weighted by Gasteiger charge is -2.35. The van der Waals surface area contributed by atoms with Gasteiger partial charge in [0.2, 0.25) is 0 Å². The van der Waals surface area contributed by atoms with E-state index in [1.165, 1.54) is 23.6 Å². The van der Waals surface area contributed by atoms with Gasteiger partial charge in [0.15, 0.2) is 0 Å². The number of anilines is 1. The number of rotatable bonds is 4.